The van der Waals surface area contributed by atoms with E-state index in [0.717, 1.165) is 59.7 Å². The second-order valence-electron chi connectivity index (χ2n) is 12.4. The molecule has 2 heterocycles. The summed E-state index contributed by atoms with van der Waals surface area (Å²) < 4.78 is 20.0. The first-order valence-corrected chi connectivity index (χ1v) is 16.5. The zero-order valence-corrected chi connectivity index (χ0v) is 27.1. The first-order chi connectivity index (χ1) is 22.4. The molecule has 0 bridgehead atoms. The summed E-state index contributed by atoms with van der Waals surface area (Å²) in [6.07, 6.45) is 6.34. The average molecular weight is 627 g/mol. The van der Waals surface area contributed by atoms with Gasteiger partial charge in [0.2, 0.25) is 5.91 Å². The van der Waals surface area contributed by atoms with E-state index in [9.17, 15) is 9.59 Å². The summed E-state index contributed by atoms with van der Waals surface area (Å²) in [6.45, 7) is 7.21. The van der Waals surface area contributed by atoms with Gasteiger partial charge in [-0.1, -0.05) is 111 Å². The lowest BCUT2D eigenvalue weighted by Gasteiger charge is -2.44. The van der Waals surface area contributed by atoms with Crippen molar-refractivity contribution in [3.63, 3.8) is 0 Å². The number of rotatable bonds is 15. The van der Waals surface area contributed by atoms with Gasteiger partial charge in [0.05, 0.1) is 24.9 Å². The first kappa shape index (κ1) is 33.3. The zero-order valence-electron chi connectivity index (χ0n) is 27.1. The molecule has 5 atom stereocenters. The summed E-state index contributed by atoms with van der Waals surface area (Å²) >= 11 is 0. The number of carbonyl (C=O) groups is 2. The Morgan fingerprint density at radius 3 is 2.46 bits per heavy atom. The van der Waals surface area contributed by atoms with E-state index in [1.54, 1.807) is 0 Å². The van der Waals surface area contributed by atoms with Crippen molar-refractivity contribution in [2.24, 2.45) is 11.8 Å². The van der Waals surface area contributed by atoms with Crippen LogP contribution in [0.15, 0.2) is 79.0 Å². The molecule has 1 aliphatic rings. The van der Waals surface area contributed by atoms with Gasteiger partial charge in [-0.2, -0.15) is 0 Å². The van der Waals surface area contributed by atoms with Crippen molar-refractivity contribution in [2.75, 3.05) is 6.61 Å². The van der Waals surface area contributed by atoms with Crippen molar-refractivity contribution in [1.82, 2.24) is 20.3 Å². The summed E-state index contributed by atoms with van der Waals surface area (Å²) in [7, 11) is 0. The molecule has 5 unspecified atom stereocenters. The number of ether oxygens (including phenoxy) is 3. The topological polar surface area (TPSA) is 105 Å². The van der Waals surface area contributed by atoms with Gasteiger partial charge in [0.1, 0.15) is 12.3 Å². The normalized spacial score (nSPS) is 21.2. The van der Waals surface area contributed by atoms with E-state index >= 15 is 0 Å². The highest BCUT2D eigenvalue weighted by atomic mass is 16.7. The molecule has 244 valence electrons. The molecule has 1 saturated heterocycles. The number of aromatic nitrogens is 3. The van der Waals surface area contributed by atoms with E-state index in [4.69, 9.17) is 14.2 Å². The maximum atomic E-state index is 12.1. The first-order valence-electron chi connectivity index (χ1n) is 16.5. The number of esters is 1. The third kappa shape index (κ3) is 9.01. The summed E-state index contributed by atoms with van der Waals surface area (Å²) in [4.78, 5) is 24.1. The molecule has 1 fully saturated rings. The average Bonchev–Trinajstić information content (AvgIpc) is 3.53. The van der Waals surface area contributed by atoms with E-state index in [1.807, 2.05) is 59.4 Å². The number of hydrogen-bond acceptors (Lipinski definition) is 7. The van der Waals surface area contributed by atoms with Crippen LogP contribution in [-0.2, 0) is 37.0 Å². The van der Waals surface area contributed by atoms with Gasteiger partial charge >= 0.3 is 5.97 Å². The second kappa shape index (κ2) is 16.5. The Morgan fingerprint density at radius 1 is 0.891 bits per heavy atom. The minimum Gasteiger partial charge on any atom is -0.461 e. The molecule has 9 heteroatoms. The van der Waals surface area contributed by atoms with Crippen molar-refractivity contribution in [3.8, 4) is 11.3 Å². The van der Waals surface area contributed by atoms with Crippen LogP contribution in [0, 0.1) is 11.8 Å². The Bertz CT molecular complexity index is 1550. The highest BCUT2D eigenvalue weighted by Crippen LogP contribution is 2.33. The number of amides is 1. The molecule has 0 radical (unpaired) electrons. The molecular weight excluding hydrogens is 580 g/mol. The van der Waals surface area contributed by atoms with Crippen molar-refractivity contribution >= 4 is 22.6 Å². The molecule has 0 saturated carbocycles. The molecule has 3 aromatic carbocycles. The molecule has 4 aromatic rings. The van der Waals surface area contributed by atoms with Crippen molar-refractivity contribution in [1.29, 1.82) is 0 Å². The number of fused-ring (bicyclic) bond motifs is 1. The molecule has 1 aliphatic heterocycles. The molecule has 0 spiro atoms. The van der Waals surface area contributed by atoms with Crippen LogP contribution in [0.1, 0.15) is 64.9 Å². The maximum absolute atomic E-state index is 12.1. The Morgan fingerprint density at radius 2 is 1.63 bits per heavy atom. The summed E-state index contributed by atoms with van der Waals surface area (Å²) in [5.41, 5.74) is 2.87. The molecule has 9 nitrogen and oxygen atoms in total. The van der Waals surface area contributed by atoms with Gasteiger partial charge in [-0.3, -0.25) is 9.59 Å². The minimum atomic E-state index is -0.555. The van der Waals surface area contributed by atoms with Crippen LogP contribution in [0.3, 0.4) is 0 Å². The van der Waals surface area contributed by atoms with Gasteiger partial charge in [-0.25, -0.2) is 4.68 Å². The number of carbonyl (C=O) groups excluding carboxylic acids is 2. The van der Waals surface area contributed by atoms with Crippen LogP contribution in [0.4, 0.5) is 0 Å². The molecule has 5 rings (SSSR count). The summed E-state index contributed by atoms with van der Waals surface area (Å²) in [5, 5.41) is 14.3. The Hall–Kier alpha value is -4.08. The van der Waals surface area contributed by atoms with E-state index in [2.05, 4.69) is 53.7 Å². The molecule has 1 amide bonds. The maximum Gasteiger partial charge on any atom is 0.306 e. The van der Waals surface area contributed by atoms with Crippen molar-refractivity contribution in [2.45, 2.75) is 90.9 Å². The van der Waals surface area contributed by atoms with Crippen molar-refractivity contribution in [3.05, 3.63) is 84.6 Å². The van der Waals surface area contributed by atoms with Gasteiger partial charge in [-0.05, 0) is 41.0 Å². The van der Waals surface area contributed by atoms with Crippen LogP contribution in [0.2, 0.25) is 0 Å². The largest absolute Gasteiger partial charge is 0.461 e. The van der Waals surface area contributed by atoms with Gasteiger partial charge in [0.15, 0.2) is 6.29 Å². The monoisotopic (exact) mass is 626 g/mol. The Labute approximate surface area is 271 Å². The number of hydrogen-bond donors (Lipinski definition) is 1. The Kier molecular flexibility index (Phi) is 11.9. The van der Waals surface area contributed by atoms with Crippen LogP contribution < -0.4 is 5.32 Å². The minimum absolute atomic E-state index is 0.0991. The number of benzene rings is 3. The molecule has 46 heavy (non-hydrogen) atoms. The van der Waals surface area contributed by atoms with E-state index in [-0.39, 0.29) is 35.9 Å². The summed E-state index contributed by atoms with van der Waals surface area (Å²) in [6, 6.07) is 24.0. The lowest BCUT2D eigenvalue weighted by Crippen LogP contribution is -2.58. The van der Waals surface area contributed by atoms with Crippen LogP contribution >= 0.6 is 0 Å². The lowest BCUT2D eigenvalue weighted by molar-refractivity contribution is -0.239. The van der Waals surface area contributed by atoms with E-state index in [1.165, 1.54) is 6.92 Å². The predicted molar refractivity (Wildman–Crippen MR) is 177 cm³/mol. The van der Waals surface area contributed by atoms with Crippen LogP contribution in [-0.4, -0.2) is 51.9 Å². The predicted octanol–water partition coefficient (Wildman–Crippen LogP) is 6.70. The van der Waals surface area contributed by atoms with Crippen LogP contribution in [0.5, 0.6) is 0 Å². The van der Waals surface area contributed by atoms with Gasteiger partial charge < -0.3 is 19.5 Å². The van der Waals surface area contributed by atoms with Crippen molar-refractivity contribution < 1.29 is 23.8 Å². The highest BCUT2D eigenvalue weighted by Gasteiger charge is 2.42. The molecular formula is C37H46N4O5. The third-order valence-electron chi connectivity index (χ3n) is 8.98. The van der Waals surface area contributed by atoms with Crippen LogP contribution in [0.25, 0.3) is 22.0 Å². The standard InChI is InChI=1S/C37H46N4O5/c1-26-27(2)36(38-28(3)42)37(44-22-13-6-4-5-10-21-35(43)45-25-29-15-8-7-9-16-29)46-34(26)24-41-23-33(39-40-41)32-20-14-18-30-17-11-12-19-31(30)32/h7-9,11-12,14-20,23,26-27,34,36-37H,4-6,10,13,21-22,24-25H2,1-3H3,(H,38,42). The molecule has 1 aromatic heterocycles. The summed E-state index contributed by atoms with van der Waals surface area (Å²) in [5.74, 6) is 0.0360. The number of unbranched alkanes of at least 4 members (excludes halogenated alkanes) is 4. The second-order valence-corrected chi connectivity index (χ2v) is 12.4. The fraction of sp³-hybridized carbons (Fsp3) is 0.459. The number of nitrogens with one attached hydrogen (secondary N) is 1. The fourth-order valence-electron chi connectivity index (χ4n) is 6.14. The van der Waals surface area contributed by atoms with E-state index in [0.29, 0.717) is 26.2 Å². The van der Waals surface area contributed by atoms with Gasteiger partial charge in [0, 0.05) is 25.5 Å². The van der Waals surface area contributed by atoms with Gasteiger partial charge in [-0.15, -0.1) is 5.10 Å². The third-order valence-corrected chi connectivity index (χ3v) is 8.98. The fourth-order valence-corrected chi connectivity index (χ4v) is 6.14. The van der Waals surface area contributed by atoms with Gasteiger partial charge in [0.25, 0.3) is 0 Å². The smallest absolute Gasteiger partial charge is 0.306 e. The highest BCUT2D eigenvalue weighted by molar-refractivity contribution is 5.95. The molecule has 0 aliphatic carbocycles. The molecule has 1 N–H and O–H groups in total. The zero-order chi connectivity index (χ0) is 32.3. The number of nitrogens with zero attached hydrogens (tertiary/aromatic N) is 3. The van der Waals surface area contributed by atoms with E-state index < -0.39 is 6.29 Å². The Balaban J connectivity index is 1.08. The quantitative estimate of drug-likeness (QED) is 0.116. The SMILES string of the molecule is CC(=O)NC1C(OCCCCCCCC(=O)OCc2ccccc2)OC(Cn2cc(-c3cccc4ccccc34)nn2)C(C)C1C. The lowest BCUT2D eigenvalue weighted by atomic mass is 9.82.